The van der Waals surface area contributed by atoms with E-state index in [2.05, 4.69) is 10.1 Å². The van der Waals surface area contributed by atoms with Gasteiger partial charge in [-0.2, -0.15) is 4.98 Å². The summed E-state index contributed by atoms with van der Waals surface area (Å²) in [5, 5.41) is 3.87. The molecule has 0 aliphatic heterocycles. The van der Waals surface area contributed by atoms with Crippen molar-refractivity contribution in [3.05, 3.63) is 11.7 Å². The van der Waals surface area contributed by atoms with Crippen molar-refractivity contribution in [1.82, 2.24) is 10.1 Å². The van der Waals surface area contributed by atoms with Gasteiger partial charge in [-0.05, 0) is 26.2 Å². The van der Waals surface area contributed by atoms with Crippen LogP contribution in [-0.2, 0) is 21.6 Å². The minimum atomic E-state index is -0.363. The van der Waals surface area contributed by atoms with Crippen molar-refractivity contribution < 1.29 is 14.1 Å². The Morgan fingerprint density at radius 1 is 1.60 bits per heavy atom. The maximum absolute atomic E-state index is 10.9. The Hall–Kier alpha value is -1.23. The van der Waals surface area contributed by atoms with Crippen LogP contribution in [-0.4, -0.2) is 23.0 Å². The van der Waals surface area contributed by atoms with Crippen molar-refractivity contribution >= 4 is 5.78 Å². The number of nitrogens with zero attached hydrogens (tertiary/aromatic N) is 2. The van der Waals surface area contributed by atoms with E-state index >= 15 is 0 Å². The fourth-order valence-electron chi connectivity index (χ4n) is 1.74. The molecule has 0 spiro atoms. The number of carbonyl (C=O) groups excluding carboxylic acids is 1. The Labute approximate surface area is 87.8 Å². The monoisotopic (exact) mass is 210 g/mol. The molecule has 5 nitrogen and oxygen atoms in total. The van der Waals surface area contributed by atoms with E-state index in [1.54, 1.807) is 7.11 Å². The first-order valence-electron chi connectivity index (χ1n) is 5.04. The number of aromatic nitrogens is 2. The minimum Gasteiger partial charge on any atom is -0.370 e. The second-order valence-electron chi connectivity index (χ2n) is 3.94. The normalized spacial score (nSPS) is 18.5. The van der Waals surface area contributed by atoms with Crippen molar-refractivity contribution in [3.63, 3.8) is 0 Å². The van der Waals surface area contributed by atoms with Gasteiger partial charge >= 0.3 is 0 Å². The van der Waals surface area contributed by atoms with Crippen LogP contribution in [0.1, 0.15) is 37.9 Å². The quantitative estimate of drug-likeness (QED) is 0.747. The SMILES string of the molecule is COC1(c2noc(CC(C)=O)n2)CCC1. The van der Waals surface area contributed by atoms with Crippen LogP contribution in [0.3, 0.4) is 0 Å². The Morgan fingerprint density at radius 2 is 2.33 bits per heavy atom. The summed E-state index contributed by atoms with van der Waals surface area (Å²) in [6.07, 6.45) is 3.16. The van der Waals surface area contributed by atoms with Gasteiger partial charge in [0.15, 0.2) is 0 Å². The molecule has 0 atom stereocenters. The zero-order chi connectivity index (χ0) is 10.9. The lowest BCUT2D eigenvalue weighted by Crippen LogP contribution is -2.37. The smallest absolute Gasteiger partial charge is 0.234 e. The Morgan fingerprint density at radius 3 is 2.80 bits per heavy atom. The van der Waals surface area contributed by atoms with Gasteiger partial charge < -0.3 is 9.26 Å². The highest BCUT2D eigenvalue weighted by atomic mass is 16.5. The molecule has 1 saturated carbocycles. The fourth-order valence-corrected chi connectivity index (χ4v) is 1.74. The molecule has 5 heteroatoms. The maximum Gasteiger partial charge on any atom is 0.234 e. The minimum absolute atomic E-state index is 0.0188. The number of Topliss-reactive ketones (excluding diaryl/α,β-unsaturated/α-hetero) is 1. The zero-order valence-corrected chi connectivity index (χ0v) is 8.95. The molecule has 1 aromatic rings. The summed E-state index contributed by atoms with van der Waals surface area (Å²) in [7, 11) is 1.65. The number of rotatable bonds is 4. The molecule has 0 aromatic carbocycles. The lowest BCUT2D eigenvalue weighted by Gasteiger charge is -2.37. The predicted molar refractivity (Wildman–Crippen MR) is 51.2 cm³/mol. The number of methoxy groups -OCH3 is 1. The van der Waals surface area contributed by atoms with Gasteiger partial charge in [0.25, 0.3) is 0 Å². The summed E-state index contributed by atoms with van der Waals surface area (Å²) in [6.45, 7) is 1.50. The third kappa shape index (κ3) is 1.79. The van der Waals surface area contributed by atoms with Crippen molar-refractivity contribution in [1.29, 1.82) is 0 Å². The first kappa shape index (κ1) is 10.3. The molecule has 1 aliphatic carbocycles. The molecule has 1 fully saturated rings. The van der Waals surface area contributed by atoms with Crippen molar-refractivity contribution in [2.75, 3.05) is 7.11 Å². The number of carbonyl (C=O) groups is 1. The summed E-state index contributed by atoms with van der Waals surface area (Å²) < 4.78 is 10.4. The van der Waals surface area contributed by atoms with E-state index in [-0.39, 0.29) is 17.8 Å². The topological polar surface area (TPSA) is 65.2 Å². The lowest BCUT2D eigenvalue weighted by molar-refractivity contribution is -0.116. The van der Waals surface area contributed by atoms with Gasteiger partial charge in [-0.15, -0.1) is 0 Å². The largest absolute Gasteiger partial charge is 0.370 e. The first-order chi connectivity index (χ1) is 7.16. The van der Waals surface area contributed by atoms with Gasteiger partial charge in [0.1, 0.15) is 11.4 Å². The summed E-state index contributed by atoms with van der Waals surface area (Å²) in [5.41, 5.74) is -0.363. The van der Waals surface area contributed by atoms with E-state index in [9.17, 15) is 4.79 Å². The molecule has 1 heterocycles. The molecule has 82 valence electrons. The fraction of sp³-hybridized carbons (Fsp3) is 0.700. The van der Waals surface area contributed by atoms with Crippen LogP contribution in [0.15, 0.2) is 4.52 Å². The molecule has 0 saturated heterocycles. The van der Waals surface area contributed by atoms with Crippen LogP contribution in [0.5, 0.6) is 0 Å². The maximum atomic E-state index is 10.9. The molecule has 0 unspecified atom stereocenters. The van der Waals surface area contributed by atoms with Crippen molar-refractivity contribution in [2.45, 2.75) is 38.2 Å². The van der Waals surface area contributed by atoms with Crippen LogP contribution >= 0.6 is 0 Å². The predicted octanol–water partition coefficient (Wildman–Crippen LogP) is 1.23. The van der Waals surface area contributed by atoms with E-state index in [4.69, 9.17) is 9.26 Å². The van der Waals surface area contributed by atoms with E-state index < -0.39 is 0 Å². The summed E-state index contributed by atoms with van der Waals surface area (Å²) in [4.78, 5) is 15.1. The first-order valence-corrected chi connectivity index (χ1v) is 5.04. The lowest BCUT2D eigenvalue weighted by atomic mass is 9.79. The molecule has 0 radical (unpaired) electrons. The molecular formula is C10H14N2O3. The van der Waals surface area contributed by atoms with Crippen LogP contribution in [0.4, 0.5) is 0 Å². The molecule has 0 N–H and O–H groups in total. The van der Waals surface area contributed by atoms with Crippen LogP contribution < -0.4 is 0 Å². The second kappa shape index (κ2) is 3.73. The van der Waals surface area contributed by atoms with Crippen LogP contribution in [0.2, 0.25) is 0 Å². The summed E-state index contributed by atoms with van der Waals surface area (Å²) in [6, 6.07) is 0. The average Bonchev–Trinajstić information content (AvgIpc) is 2.51. The molecule has 0 bridgehead atoms. The van der Waals surface area contributed by atoms with Crippen molar-refractivity contribution in [2.24, 2.45) is 0 Å². The van der Waals surface area contributed by atoms with Gasteiger partial charge in [0.05, 0.1) is 6.42 Å². The highest BCUT2D eigenvalue weighted by Crippen LogP contribution is 2.42. The van der Waals surface area contributed by atoms with Gasteiger partial charge in [0, 0.05) is 7.11 Å². The summed E-state index contributed by atoms with van der Waals surface area (Å²) >= 11 is 0. The Bertz CT molecular complexity index is 363. The molecule has 1 aromatic heterocycles. The number of ether oxygens (including phenoxy) is 1. The highest BCUT2D eigenvalue weighted by molar-refractivity contribution is 5.77. The van der Waals surface area contributed by atoms with Gasteiger partial charge in [-0.3, -0.25) is 4.79 Å². The second-order valence-corrected chi connectivity index (χ2v) is 3.94. The summed E-state index contributed by atoms with van der Waals surface area (Å²) in [5.74, 6) is 0.971. The molecule has 0 amide bonds. The van der Waals surface area contributed by atoms with E-state index in [1.807, 2.05) is 0 Å². The van der Waals surface area contributed by atoms with Gasteiger partial charge in [-0.25, -0.2) is 0 Å². The number of hydrogen-bond acceptors (Lipinski definition) is 5. The third-order valence-corrected chi connectivity index (χ3v) is 2.83. The molecule has 2 rings (SSSR count). The van der Waals surface area contributed by atoms with Crippen molar-refractivity contribution in [3.8, 4) is 0 Å². The molecule has 1 aliphatic rings. The van der Waals surface area contributed by atoms with E-state index in [1.165, 1.54) is 6.92 Å². The Kier molecular flexibility index (Phi) is 2.56. The van der Waals surface area contributed by atoms with Crippen LogP contribution in [0, 0.1) is 0 Å². The highest BCUT2D eigenvalue weighted by Gasteiger charge is 2.43. The van der Waals surface area contributed by atoms with E-state index in [0.717, 1.165) is 19.3 Å². The van der Waals surface area contributed by atoms with Gasteiger partial charge in [-0.1, -0.05) is 5.16 Å². The Balaban J connectivity index is 2.15. The number of hydrogen-bond donors (Lipinski definition) is 0. The van der Waals surface area contributed by atoms with E-state index in [0.29, 0.717) is 11.7 Å². The average molecular weight is 210 g/mol. The molecular weight excluding hydrogens is 196 g/mol. The third-order valence-electron chi connectivity index (χ3n) is 2.83. The van der Waals surface area contributed by atoms with Gasteiger partial charge in [0.2, 0.25) is 11.7 Å². The zero-order valence-electron chi connectivity index (χ0n) is 8.95. The standard InChI is InChI=1S/C10H14N2O3/c1-7(13)6-8-11-9(12-15-8)10(14-2)4-3-5-10/h3-6H2,1-2H3. The number of ketones is 1. The van der Waals surface area contributed by atoms with Crippen LogP contribution in [0.25, 0.3) is 0 Å². The molecule has 15 heavy (non-hydrogen) atoms.